The van der Waals surface area contributed by atoms with Crippen molar-refractivity contribution in [1.82, 2.24) is 5.43 Å². The molecule has 2 aromatic carbocycles. The van der Waals surface area contributed by atoms with Gasteiger partial charge in [-0.05, 0) is 24.3 Å². The fourth-order valence-electron chi connectivity index (χ4n) is 2.14. The van der Waals surface area contributed by atoms with Crippen LogP contribution in [0.3, 0.4) is 0 Å². The highest BCUT2D eigenvalue weighted by atomic mass is 79.9. The largest absolute Gasteiger partial charge is 0.493 e. The van der Waals surface area contributed by atoms with E-state index in [0.717, 1.165) is 4.47 Å². The summed E-state index contributed by atoms with van der Waals surface area (Å²) >= 11 is 9.47. The van der Waals surface area contributed by atoms with Gasteiger partial charge in [-0.25, -0.2) is 5.43 Å². The molecule has 136 valence electrons. The first-order valence-electron chi connectivity index (χ1n) is 7.44. The summed E-state index contributed by atoms with van der Waals surface area (Å²) < 4.78 is 22.0. The van der Waals surface area contributed by atoms with E-state index in [-0.39, 0.29) is 13.4 Å². The van der Waals surface area contributed by atoms with Crippen molar-refractivity contribution in [3.8, 4) is 23.0 Å². The van der Waals surface area contributed by atoms with Gasteiger partial charge in [0.1, 0.15) is 0 Å². The first-order valence-corrected chi connectivity index (χ1v) is 8.61. The molecular weight excluding hydrogens is 428 g/mol. The van der Waals surface area contributed by atoms with E-state index in [1.54, 1.807) is 30.3 Å². The van der Waals surface area contributed by atoms with E-state index in [2.05, 4.69) is 26.5 Å². The molecule has 2 aromatic rings. The van der Waals surface area contributed by atoms with Gasteiger partial charge in [0.2, 0.25) is 6.79 Å². The zero-order valence-corrected chi connectivity index (χ0v) is 16.0. The van der Waals surface area contributed by atoms with Gasteiger partial charge in [-0.3, -0.25) is 4.79 Å². The second kappa shape index (κ2) is 8.29. The van der Waals surface area contributed by atoms with Gasteiger partial charge in [0, 0.05) is 16.1 Å². The number of fused-ring (bicyclic) bond motifs is 1. The van der Waals surface area contributed by atoms with E-state index >= 15 is 0 Å². The molecule has 3 rings (SSSR count). The zero-order valence-electron chi connectivity index (χ0n) is 13.6. The summed E-state index contributed by atoms with van der Waals surface area (Å²) in [7, 11) is 1.52. The number of ether oxygens (including phenoxy) is 4. The predicted octanol–water partition coefficient (Wildman–Crippen LogP) is 3.37. The van der Waals surface area contributed by atoms with Crippen LogP contribution in [0.25, 0.3) is 0 Å². The normalized spacial score (nSPS) is 12.3. The van der Waals surface area contributed by atoms with Crippen molar-refractivity contribution in [3.63, 3.8) is 0 Å². The summed E-state index contributed by atoms with van der Waals surface area (Å²) in [4.78, 5) is 11.9. The maximum Gasteiger partial charge on any atom is 0.277 e. The van der Waals surface area contributed by atoms with E-state index in [1.165, 1.54) is 13.3 Å². The first kappa shape index (κ1) is 18.3. The Hall–Kier alpha value is -2.45. The van der Waals surface area contributed by atoms with Crippen LogP contribution in [0, 0.1) is 0 Å². The molecule has 0 aliphatic carbocycles. The van der Waals surface area contributed by atoms with Gasteiger partial charge in [0.25, 0.3) is 5.91 Å². The minimum Gasteiger partial charge on any atom is -0.493 e. The summed E-state index contributed by atoms with van der Waals surface area (Å²) in [6.45, 7) is -0.0654. The summed E-state index contributed by atoms with van der Waals surface area (Å²) in [6.07, 6.45) is 1.42. The van der Waals surface area contributed by atoms with Crippen molar-refractivity contribution in [2.24, 2.45) is 5.10 Å². The smallest absolute Gasteiger partial charge is 0.277 e. The molecule has 0 fully saturated rings. The molecule has 26 heavy (non-hydrogen) atoms. The summed E-state index contributed by atoms with van der Waals surface area (Å²) in [6, 6.07) is 8.55. The Labute approximate surface area is 163 Å². The Balaban J connectivity index is 1.55. The fourth-order valence-corrected chi connectivity index (χ4v) is 2.68. The maximum absolute atomic E-state index is 11.9. The van der Waals surface area contributed by atoms with Crippen LogP contribution < -0.4 is 24.4 Å². The number of methoxy groups -OCH3 is 1. The lowest BCUT2D eigenvalue weighted by Crippen LogP contribution is -2.24. The lowest BCUT2D eigenvalue weighted by Gasteiger charge is -2.10. The molecule has 0 radical (unpaired) electrons. The van der Waals surface area contributed by atoms with Crippen LogP contribution in [0.15, 0.2) is 39.9 Å². The molecule has 1 aliphatic rings. The number of hydrogen-bond donors (Lipinski definition) is 1. The molecule has 1 aliphatic heterocycles. The SMILES string of the molecule is COc1cc(Br)ccc1OCC(=O)N/N=C/c1cc2c(cc1Cl)OCO2. The summed E-state index contributed by atoms with van der Waals surface area (Å²) in [5, 5.41) is 4.31. The molecule has 0 unspecified atom stereocenters. The van der Waals surface area contributed by atoms with Crippen molar-refractivity contribution in [1.29, 1.82) is 0 Å². The number of hydrogen-bond acceptors (Lipinski definition) is 6. The zero-order chi connectivity index (χ0) is 18.5. The van der Waals surface area contributed by atoms with Crippen LogP contribution in [0.2, 0.25) is 5.02 Å². The van der Waals surface area contributed by atoms with E-state index in [9.17, 15) is 4.79 Å². The van der Waals surface area contributed by atoms with Crippen LogP contribution in [-0.2, 0) is 4.79 Å². The maximum atomic E-state index is 11.9. The van der Waals surface area contributed by atoms with E-state index in [4.69, 9.17) is 30.5 Å². The quantitative estimate of drug-likeness (QED) is 0.549. The molecule has 0 saturated heterocycles. The highest BCUT2D eigenvalue weighted by Gasteiger charge is 2.15. The minimum atomic E-state index is -0.428. The van der Waals surface area contributed by atoms with Crippen molar-refractivity contribution in [2.75, 3.05) is 20.5 Å². The average molecular weight is 442 g/mol. The number of amides is 1. The molecule has 0 saturated carbocycles. The third-order valence-electron chi connectivity index (χ3n) is 3.37. The standard InChI is InChI=1S/C17H14BrClN2O5/c1-23-14-5-11(18)2-3-13(14)24-8-17(22)21-20-7-10-4-15-16(6-12(10)19)26-9-25-15/h2-7H,8-9H2,1H3,(H,21,22)/b20-7+. The Morgan fingerprint density at radius 3 is 2.85 bits per heavy atom. The van der Waals surface area contributed by atoms with Crippen LogP contribution in [0.1, 0.15) is 5.56 Å². The topological polar surface area (TPSA) is 78.4 Å². The van der Waals surface area contributed by atoms with E-state index in [0.29, 0.717) is 33.6 Å². The number of nitrogens with one attached hydrogen (secondary N) is 1. The molecule has 7 nitrogen and oxygen atoms in total. The van der Waals surface area contributed by atoms with Gasteiger partial charge < -0.3 is 18.9 Å². The molecular formula is C17H14BrClN2O5. The molecule has 1 heterocycles. The molecule has 9 heteroatoms. The van der Waals surface area contributed by atoms with Gasteiger partial charge >= 0.3 is 0 Å². The molecule has 0 bridgehead atoms. The third-order valence-corrected chi connectivity index (χ3v) is 4.19. The van der Waals surface area contributed by atoms with Crippen LogP contribution in [0.4, 0.5) is 0 Å². The number of benzene rings is 2. The Kier molecular flexibility index (Phi) is 5.85. The Morgan fingerprint density at radius 1 is 1.31 bits per heavy atom. The van der Waals surface area contributed by atoms with Crippen LogP contribution in [0.5, 0.6) is 23.0 Å². The van der Waals surface area contributed by atoms with Crippen LogP contribution in [-0.4, -0.2) is 32.6 Å². The Bertz CT molecular complexity index is 859. The second-order valence-corrected chi connectivity index (χ2v) is 6.43. The van der Waals surface area contributed by atoms with Gasteiger partial charge in [0.05, 0.1) is 18.3 Å². The molecule has 0 aromatic heterocycles. The number of hydrazone groups is 1. The number of nitrogens with zero attached hydrogens (tertiary/aromatic N) is 1. The molecule has 1 N–H and O–H groups in total. The van der Waals surface area contributed by atoms with Gasteiger partial charge in [-0.1, -0.05) is 27.5 Å². The third kappa shape index (κ3) is 4.39. The lowest BCUT2D eigenvalue weighted by atomic mass is 10.2. The number of carbonyl (C=O) groups excluding carboxylic acids is 1. The fraction of sp³-hybridized carbons (Fsp3) is 0.176. The molecule has 0 spiro atoms. The highest BCUT2D eigenvalue weighted by molar-refractivity contribution is 9.10. The second-order valence-electron chi connectivity index (χ2n) is 5.10. The van der Waals surface area contributed by atoms with Crippen molar-refractivity contribution in [3.05, 3.63) is 45.4 Å². The van der Waals surface area contributed by atoms with Crippen molar-refractivity contribution < 1.29 is 23.7 Å². The van der Waals surface area contributed by atoms with E-state index < -0.39 is 5.91 Å². The van der Waals surface area contributed by atoms with Gasteiger partial charge in [0.15, 0.2) is 29.6 Å². The number of halogens is 2. The lowest BCUT2D eigenvalue weighted by molar-refractivity contribution is -0.123. The first-order chi connectivity index (χ1) is 12.6. The number of carbonyl (C=O) groups is 1. The highest BCUT2D eigenvalue weighted by Crippen LogP contribution is 2.36. The van der Waals surface area contributed by atoms with Gasteiger partial charge in [-0.15, -0.1) is 0 Å². The van der Waals surface area contributed by atoms with Gasteiger partial charge in [-0.2, -0.15) is 5.10 Å². The van der Waals surface area contributed by atoms with Crippen molar-refractivity contribution in [2.45, 2.75) is 0 Å². The monoisotopic (exact) mass is 440 g/mol. The van der Waals surface area contributed by atoms with E-state index in [1.807, 2.05) is 0 Å². The molecule has 1 amide bonds. The summed E-state index contributed by atoms with van der Waals surface area (Å²) in [5.41, 5.74) is 2.96. The average Bonchev–Trinajstić information content (AvgIpc) is 3.07. The Morgan fingerprint density at radius 2 is 2.08 bits per heavy atom. The number of rotatable bonds is 6. The predicted molar refractivity (Wildman–Crippen MR) is 99.5 cm³/mol. The molecule has 0 atom stereocenters. The van der Waals surface area contributed by atoms with Crippen molar-refractivity contribution >= 4 is 39.7 Å². The van der Waals surface area contributed by atoms with Crippen LogP contribution >= 0.6 is 27.5 Å². The minimum absolute atomic E-state index is 0.153. The summed E-state index contributed by atoms with van der Waals surface area (Å²) in [5.74, 6) is 1.69.